The van der Waals surface area contributed by atoms with E-state index in [1.165, 1.54) is 4.90 Å². The molecule has 0 atom stereocenters. The largest absolute Gasteiger partial charge is 0.351 e. The number of nitrogens with one attached hydrogen (secondary N) is 2. The van der Waals surface area contributed by atoms with Gasteiger partial charge in [0.05, 0.1) is 24.3 Å². The molecule has 7 heteroatoms. The molecule has 6 nitrogen and oxygen atoms in total. The zero-order valence-corrected chi connectivity index (χ0v) is 12.0. The van der Waals surface area contributed by atoms with Crippen LogP contribution >= 0.6 is 11.3 Å². The highest BCUT2D eigenvalue weighted by Crippen LogP contribution is 2.10. The van der Waals surface area contributed by atoms with Gasteiger partial charge in [0.1, 0.15) is 0 Å². The summed E-state index contributed by atoms with van der Waals surface area (Å²) in [6, 6.07) is 0. The Morgan fingerprint density at radius 2 is 2.22 bits per heavy atom. The zero-order chi connectivity index (χ0) is 13.5. The Balaban J connectivity index is 2.40. The molecular weight excluding hydrogens is 250 g/mol. The molecule has 1 amide bonds. The van der Waals surface area contributed by atoms with Gasteiger partial charge in [0, 0.05) is 26.0 Å². The van der Waals surface area contributed by atoms with Gasteiger partial charge in [-0.2, -0.15) is 0 Å². The second-order valence-corrected chi connectivity index (χ2v) is 4.87. The van der Waals surface area contributed by atoms with Crippen LogP contribution in [0, 0.1) is 6.92 Å². The van der Waals surface area contributed by atoms with Crippen molar-refractivity contribution >= 4 is 23.2 Å². The number of carbonyl (C=O) groups is 1. The van der Waals surface area contributed by atoms with E-state index < -0.39 is 0 Å². The Labute approximate surface area is 111 Å². The highest BCUT2D eigenvalue weighted by molar-refractivity contribution is 7.09. The lowest BCUT2D eigenvalue weighted by molar-refractivity contribution is -0.127. The van der Waals surface area contributed by atoms with Crippen molar-refractivity contribution in [3.05, 3.63) is 16.1 Å². The Hall–Kier alpha value is -1.63. The van der Waals surface area contributed by atoms with Gasteiger partial charge in [-0.15, -0.1) is 11.3 Å². The first-order valence-electron chi connectivity index (χ1n) is 5.58. The summed E-state index contributed by atoms with van der Waals surface area (Å²) in [7, 11) is 5.12. The lowest BCUT2D eigenvalue weighted by Crippen LogP contribution is -2.42. The minimum atomic E-state index is 0.00641. The molecule has 0 unspecified atom stereocenters. The molecule has 2 N–H and O–H groups in total. The van der Waals surface area contributed by atoms with Gasteiger partial charge in [-0.3, -0.25) is 9.79 Å². The minimum absolute atomic E-state index is 0.00641. The molecule has 0 aromatic carbocycles. The molecule has 0 bridgehead atoms. The summed E-state index contributed by atoms with van der Waals surface area (Å²) in [6.07, 6.45) is 0. The molecule has 18 heavy (non-hydrogen) atoms. The van der Waals surface area contributed by atoms with Crippen molar-refractivity contribution in [2.45, 2.75) is 13.5 Å². The molecule has 1 aromatic heterocycles. The molecule has 1 heterocycles. The average molecular weight is 269 g/mol. The molecule has 100 valence electrons. The maximum absolute atomic E-state index is 11.4. The number of hydrogen-bond donors (Lipinski definition) is 2. The molecule has 0 radical (unpaired) electrons. The van der Waals surface area contributed by atoms with E-state index in [4.69, 9.17) is 0 Å². The van der Waals surface area contributed by atoms with Crippen molar-refractivity contribution in [1.82, 2.24) is 20.5 Å². The summed E-state index contributed by atoms with van der Waals surface area (Å²) in [6.45, 7) is 2.86. The molecular formula is C11H19N5OS. The summed E-state index contributed by atoms with van der Waals surface area (Å²) in [5, 5.41) is 6.11. The van der Waals surface area contributed by atoms with E-state index >= 15 is 0 Å². The van der Waals surface area contributed by atoms with E-state index in [9.17, 15) is 4.79 Å². The van der Waals surface area contributed by atoms with Crippen LogP contribution in [0.15, 0.2) is 10.5 Å². The summed E-state index contributed by atoms with van der Waals surface area (Å²) in [4.78, 5) is 22.4. The lowest BCUT2D eigenvalue weighted by Gasteiger charge is -2.14. The van der Waals surface area contributed by atoms with Gasteiger partial charge < -0.3 is 15.5 Å². The first-order valence-corrected chi connectivity index (χ1v) is 6.46. The average Bonchev–Trinajstić information content (AvgIpc) is 2.74. The molecule has 0 spiro atoms. The predicted molar refractivity (Wildman–Crippen MR) is 73.7 cm³/mol. The normalized spacial score (nSPS) is 11.2. The smallest absolute Gasteiger partial charge is 0.241 e. The number of rotatable bonds is 4. The minimum Gasteiger partial charge on any atom is -0.351 e. The highest BCUT2D eigenvalue weighted by Gasteiger charge is 2.06. The van der Waals surface area contributed by atoms with Crippen LogP contribution in [-0.2, 0) is 11.3 Å². The van der Waals surface area contributed by atoms with Gasteiger partial charge in [-0.1, -0.05) is 0 Å². The topological polar surface area (TPSA) is 69.6 Å². The van der Waals surface area contributed by atoms with Gasteiger partial charge >= 0.3 is 0 Å². The number of likely N-dealkylation sites (N-methyl/N-ethyl adjacent to an activating group) is 1. The molecule has 0 aliphatic carbocycles. The second kappa shape index (κ2) is 6.95. The molecule has 0 aliphatic heterocycles. The number of aromatic nitrogens is 1. The third kappa shape index (κ3) is 4.33. The fourth-order valence-electron chi connectivity index (χ4n) is 1.20. The van der Waals surface area contributed by atoms with Crippen LogP contribution in [0.2, 0.25) is 0 Å². The van der Waals surface area contributed by atoms with Crippen LogP contribution < -0.4 is 10.6 Å². The Bertz CT molecular complexity index is 427. The van der Waals surface area contributed by atoms with Gasteiger partial charge in [-0.25, -0.2) is 4.98 Å². The highest BCUT2D eigenvalue weighted by atomic mass is 32.1. The van der Waals surface area contributed by atoms with Crippen LogP contribution in [0.25, 0.3) is 0 Å². The fourth-order valence-corrected chi connectivity index (χ4v) is 1.91. The van der Waals surface area contributed by atoms with Crippen molar-refractivity contribution in [2.24, 2.45) is 4.99 Å². The number of carbonyl (C=O) groups excluding carboxylic acids is 1. The molecule has 0 aliphatic rings. The maximum Gasteiger partial charge on any atom is 0.241 e. The van der Waals surface area contributed by atoms with E-state index in [0.717, 1.165) is 10.6 Å². The number of aryl methyl sites for hydroxylation is 1. The lowest BCUT2D eigenvalue weighted by atomic mass is 10.4. The third-order valence-electron chi connectivity index (χ3n) is 2.39. The summed E-state index contributed by atoms with van der Waals surface area (Å²) in [5.41, 5.74) is 2.84. The van der Waals surface area contributed by atoms with Crippen molar-refractivity contribution < 1.29 is 4.79 Å². The van der Waals surface area contributed by atoms with Gasteiger partial charge in [0.25, 0.3) is 0 Å². The molecule has 1 aromatic rings. The monoisotopic (exact) mass is 269 g/mol. The van der Waals surface area contributed by atoms with E-state index in [0.29, 0.717) is 12.5 Å². The quantitative estimate of drug-likeness (QED) is 0.605. The van der Waals surface area contributed by atoms with E-state index in [2.05, 4.69) is 20.6 Å². The summed E-state index contributed by atoms with van der Waals surface area (Å²) in [5.74, 6) is 0.616. The van der Waals surface area contributed by atoms with Crippen molar-refractivity contribution in [1.29, 1.82) is 0 Å². The van der Waals surface area contributed by atoms with Crippen LogP contribution in [-0.4, -0.2) is 49.4 Å². The Morgan fingerprint density at radius 1 is 1.50 bits per heavy atom. The second-order valence-electron chi connectivity index (χ2n) is 3.93. The number of thiazole rings is 1. The predicted octanol–water partition coefficient (Wildman–Crippen LogP) is 0.205. The van der Waals surface area contributed by atoms with Crippen molar-refractivity contribution in [2.75, 3.05) is 27.7 Å². The van der Waals surface area contributed by atoms with Crippen LogP contribution in [0.3, 0.4) is 0 Å². The zero-order valence-electron chi connectivity index (χ0n) is 11.1. The van der Waals surface area contributed by atoms with Crippen molar-refractivity contribution in [3.63, 3.8) is 0 Å². The number of hydrogen-bond acceptors (Lipinski definition) is 4. The van der Waals surface area contributed by atoms with E-state index in [-0.39, 0.29) is 12.5 Å². The molecule has 0 saturated carbocycles. The number of aliphatic imine (C=N–C) groups is 1. The standard InChI is InChI=1S/C11H19N5OS/c1-8-9(18-7-15-8)5-13-11(12-2)14-6-10(17)16(3)4/h7H,5-6H2,1-4H3,(H2,12,13,14). The maximum atomic E-state index is 11.4. The summed E-state index contributed by atoms with van der Waals surface area (Å²) >= 11 is 1.60. The third-order valence-corrected chi connectivity index (χ3v) is 3.33. The van der Waals surface area contributed by atoms with E-state index in [1.54, 1.807) is 32.5 Å². The van der Waals surface area contributed by atoms with Crippen LogP contribution in [0.1, 0.15) is 10.6 Å². The summed E-state index contributed by atoms with van der Waals surface area (Å²) < 4.78 is 0. The Morgan fingerprint density at radius 3 is 2.72 bits per heavy atom. The number of guanidine groups is 1. The van der Waals surface area contributed by atoms with Crippen LogP contribution in [0.5, 0.6) is 0 Å². The van der Waals surface area contributed by atoms with Crippen molar-refractivity contribution in [3.8, 4) is 0 Å². The Kier molecular flexibility index (Phi) is 5.57. The number of nitrogens with zero attached hydrogens (tertiary/aromatic N) is 3. The van der Waals surface area contributed by atoms with Gasteiger partial charge in [-0.05, 0) is 6.92 Å². The first kappa shape index (κ1) is 14.4. The van der Waals surface area contributed by atoms with Crippen LogP contribution in [0.4, 0.5) is 0 Å². The molecule has 0 fully saturated rings. The fraction of sp³-hybridized carbons (Fsp3) is 0.545. The van der Waals surface area contributed by atoms with Gasteiger partial charge in [0.2, 0.25) is 5.91 Å². The van der Waals surface area contributed by atoms with Gasteiger partial charge in [0.15, 0.2) is 5.96 Å². The molecule has 0 saturated heterocycles. The number of amides is 1. The SMILES string of the molecule is CN=C(NCC(=O)N(C)C)NCc1scnc1C. The van der Waals surface area contributed by atoms with E-state index in [1.807, 2.05) is 12.4 Å². The molecule has 1 rings (SSSR count). The first-order chi connectivity index (χ1) is 8.54.